The summed E-state index contributed by atoms with van der Waals surface area (Å²) in [5, 5.41) is 7.36. The molecule has 1 saturated heterocycles. The van der Waals surface area contributed by atoms with E-state index in [1.54, 1.807) is 13.8 Å². The standard InChI is InChI=1S/C7H12N2O2/c1-5(10)9-4-11-6(8)7(9,2)3/h8H,4H2,1-3H3. The van der Waals surface area contributed by atoms with Gasteiger partial charge in [-0.1, -0.05) is 0 Å². The van der Waals surface area contributed by atoms with Crippen molar-refractivity contribution in [2.24, 2.45) is 0 Å². The Morgan fingerprint density at radius 2 is 2.27 bits per heavy atom. The maximum Gasteiger partial charge on any atom is 0.222 e. The van der Waals surface area contributed by atoms with Crippen LogP contribution in [0.2, 0.25) is 0 Å². The number of nitrogens with one attached hydrogen (secondary N) is 1. The Balaban J connectivity index is 2.87. The maximum atomic E-state index is 11.0. The Kier molecular flexibility index (Phi) is 1.62. The highest BCUT2D eigenvalue weighted by Crippen LogP contribution is 2.22. The van der Waals surface area contributed by atoms with Crippen molar-refractivity contribution in [3.63, 3.8) is 0 Å². The van der Waals surface area contributed by atoms with Crippen molar-refractivity contribution in [2.45, 2.75) is 26.3 Å². The van der Waals surface area contributed by atoms with Gasteiger partial charge >= 0.3 is 0 Å². The first kappa shape index (κ1) is 8.04. The summed E-state index contributed by atoms with van der Waals surface area (Å²) in [5.74, 6) is 0.102. The van der Waals surface area contributed by atoms with E-state index >= 15 is 0 Å². The van der Waals surface area contributed by atoms with Gasteiger partial charge in [0.25, 0.3) is 0 Å². The Bertz CT molecular complexity index is 210. The van der Waals surface area contributed by atoms with E-state index in [0.717, 1.165) is 0 Å². The van der Waals surface area contributed by atoms with Gasteiger partial charge in [-0.15, -0.1) is 0 Å². The number of hydrogen-bond acceptors (Lipinski definition) is 3. The molecular weight excluding hydrogens is 144 g/mol. The summed E-state index contributed by atoms with van der Waals surface area (Å²) in [6, 6.07) is 0. The van der Waals surface area contributed by atoms with Crippen molar-refractivity contribution in [3.05, 3.63) is 0 Å². The van der Waals surface area contributed by atoms with Crippen molar-refractivity contribution in [1.82, 2.24) is 4.90 Å². The lowest BCUT2D eigenvalue weighted by molar-refractivity contribution is -0.132. The zero-order valence-electron chi connectivity index (χ0n) is 6.97. The fourth-order valence-electron chi connectivity index (χ4n) is 1.07. The second-order valence-electron chi connectivity index (χ2n) is 3.11. The molecule has 1 rings (SSSR count). The van der Waals surface area contributed by atoms with E-state index in [9.17, 15) is 4.79 Å². The third-order valence-corrected chi connectivity index (χ3v) is 1.95. The Morgan fingerprint density at radius 1 is 1.73 bits per heavy atom. The van der Waals surface area contributed by atoms with E-state index in [2.05, 4.69) is 0 Å². The summed E-state index contributed by atoms with van der Waals surface area (Å²) >= 11 is 0. The predicted molar refractivity (Wildman–Crippen MR) is 40.3 cm³/mol. The second-order valence-corrected chi connectivity index (χ2v) is 3.11. The molecule has 0 aromatic heterocycles. The van der Waals surface area contributed by atoms with Crippen molar-refractivity contribution in [3.8, 4) is 0 Å². The van der Waals surface area contributed by atoms with E-state index in [1.165, 1.54) is 11.8 Å². The molecule has 1 heterocycles. The third-order valence-electron chi connectivity index (χ3n) is 1.95. The van der Waals surface area contributed by atoms with Gasteiger partial charge in [0.15, 0.2) is 6.73 Å². The normalized spacial score (nSPS) is 21.7. The molecule has 1 N–H and O–H groups in total. The molecule has 0 saturated carbocycles. The SMILES string of the molecule is CC(=O)N1COC(=N)C1(C)C. The summed E-state index contributed by atoms with van der Waals surface area (Å²) in [6.45, 7) is 5.28. The molecule has 1 aliphatic rings. The van der Waals surface area contributed by atoms with Gasteiger partial charge in [-0.2, -0.15) is 0 Å². The van der Waals surface area contributed by atoms with Crippen LogP contribution in [0, 0.1) is 5.41 Å². The Labute approximate surface area is 65.6 Å². The highest BCUT2D eigenvalue weighted by Gasteiger charge is 2.40. The zero-order chi connectivity index (χ0) is 8.65. The zero-order valence-corrected chi connectivity index (χ0v) is 6.97. The van der Waals surface area contributed by atoms with Gasteiger partial charge in [0.05, 0.1) is 0 Å². The molecule has 0 atom stereocenters. The predicted octanol–water partition coefficient (Wildman–Crippen LogP) is 0.578. The molecule has 0 aromatic carbocycles. The van der Waals surface area contributed by atoms with Crippen LogP contribution in [0.1, 0.15) is 20.8 Å². The van der Waals surface area contributed by atoms with Crippen LogP contribution in [0.5, 0.6) is 0 Å². The van der Waals surface area contributed by atoms with Gasteiger partial charge in [-0.05, 0) is 13.8 Å². The summed E-state index contributed by atoms with van der Waals surface area (Å²) in [7, 11) is 0. The van der Waals surface area contributed by atoms with Gasteiger partial charge < -0.3 is 4.74 Å². The number of nitrogens with zero attached hydrogens (tertiary/aromatic N) is 1. The first-order valence-electron chi connectivity index (χ1n) is 3.46. The molecule has 0 spiro atoms. The van der Waals surface area contributed by atoms with Crippen LogP contribution in [-0.2, 0) is 9.53 Å². The first-order chi connectivity index (χ1) is 4.96. The molecular formula is C7H12N2O2. The van der Waals surface area contributed by atoms with Crippen molar-refractivity contribution < 1.29 is 9.53 Å². The number of amides is 1. The molecule has 1 amide bonds. The van der Waals surface area contributed by atoms with Gasteiger partial charge in [-0.25, -0.2) is 0 Å². The van der Waals surface area contributed by atoms with Crippen molar-refractivity contribution >= 4 is 11.8 Å². The minimum Gasteiger partial charge on any atom is -0.458 e. The lowest BCUT2D eigenvalue weighted by Crippen LogP contribution is -2.45. The van der Waals surface area contributed by atoms with Crippen LogP contribution in [0.15, 0.2) is 0 Å². The van der Waals surface area contributed by atoms with Crippen LogP contribution >= 0.6 is 0 Å². The third kappa shape index (κ3) is 1.08. The monoisotopic (exact) mass is 156 g/mol. The lowest BCUT2D eigenvalue weighted by Gasteiger charge is -2.25. The molecule has 0 unspecified atom stereocenters. The first-order valence-corrected chi connectivity index (χ1v) is 3.46. The van der Waals surface area contributed by atoms with Crippen molar-refractivity contribution in [2.75, 3.05) is 6.73 Å². The van der Waals surface area contributed by atoms with Gasteiger partial charge in [-0.3, -0.25) is 15.1 Å². The van der Waals surface area contributed by atoms with E-state index in [4.69, 9.17) is 10.1 Å². The summed E-state index contributed by atoms with van der Waals surface area (Å²) in [5.41, 5.74) is -0.564. The highest BCUT2D eigenvalue weighted by molar-refractivity contribution is 5.90. The number of ether oxygens (including phenoxy) is 1. The molecule has 1 aliphatic heterocycles. The molecule has 0 bridgehead atoms. The highest BCUT2D eigenvalue weighted by atomic mass is 16.5. The molecule has 4 heteroatoms. The fourth-order valence-corrected chi connectivity index (χ4v) is 1.07. The van der Waals surface area contributed by atoms with E-state index in [1.807, 2.05) is 0 Å². The molecule has 62 valence electrons. The van der Waals surface area contributed by atoms with Crippen LogP contribution < -0.4 is 0 Å². The number of hydrogen-bond donors (Lipinski definition) is 1. The average Bonchev–Trinajstić information content (AvgIpc) is 2.08. The van der Waals surface area contributed by atoms with E-state index in [0.29, 0.717) is 0 Å². The molecule has 1 fully saturated rings. The van der Waals surface area contributed by atoms with Gasteiger partial charge in [0, 0.05) is 6.92 Å². The van der Waals surface area contributed by atoms with Gasteiger partial charge in [0.1, 0.15) is 5.54 Å². The minimum atomic E-state index is -0.564. The number of carbonyl (C=O) groups is 1. The van der Waals surface area contributed by atoms with Crippen LogP contribution in [0.3, 0.4) is 0 Å². The molecule has 0 radical (unpaired) electrons. The molecule has 4 nitrogen and oxygen atoms in total. The maximum absolute atomic E-state index is 11.0. The van der Waals surface area contributed by atoms with Gasteiger partial charge in [0.2, 0.25) is 11.8 Å². The van der Waals surface area contributed by atoms with E-state index < -0.39 is 5.54 Å². The fraction of sp³-hybridized carbons (Fsp3) is 0.714. The molecule has 0 aliphatic carbocycles. The molecule has 0 aromatic rings. The topological polar surface area (TPSA) is 53.4 Å². The minimum absolute atomic E-state index is 0.0581. The van der Waals surface area contributed by atoms with Crippen molar-refractivity contribution in [1.29, 1.82) is 5.41 Å². The van der Waals surface area contributed by atoms with Crippen LogP contribution in [-0.4, -0.2) is 29.0 Å². The average molecular weight is 156 g/mol. The lowest BCUT2D eigenvalue weighted by atomic mass is 10.1. The smallest absolute Gasteiger partial charge is 0.222 e. The van der Waals surface area contributed by atoms with E-state index in [-0.39, 0.29) is 18.5 Å². The second kappa shape index (κ2) is 2.22. The largest absolute Gasteiger partial charge is 0.458 e. The molecule has 11 heavy (non-hydrogen) atoms. The van der Waals surface area contributed by atoms with Crippen LogP contribution in [0.4, 0.5) is 0 Å². The Morgan fingerprint density at radius 3 is 2.45 bits per heavy atom. The summed E-state index contributed by atoms with van der Waals surface area (Å²) < 4.78 is 4.93. The quantitative estimate of drug-likeness (QED) is 0.557. The summed E-state index contributed by atoms with van der Waals surface area (Å²) in [4.78, 5) is 12.5. The summed E-state index contributed by atoms with van der Waals surface area (Å²) in [6.07, 6.45) is 0. The number of carbonyl (C=O) groups excluding carboxylic acids is 1. The Hall–Kier alpha value is -1.06. The van der Waals surface area contributed by atoms with Crippen LogP contribution in [0.25, 0.3) is 0 Å². The number of rotatable bonds is 0.